The summed E-state index contributed by atoms with van der Waals surface area (Å²) in [6.45, 7) is 0. The van der Waals surface area contributed by atoms with E-state index in [9.17, 15) is 70.3 Å². The van der Waals surface area contributed by atoms with Crippen molar-refractivity contribution in [3.8, 4) is 6.07 Å². The summed E-state index contributed by atoms with van der Waals surface area (Å²) < 4.78 is 173. The maximum Gasteiger partial charge on any atom is 0.458 e. The number of hydrogen-bond acceptors (Lipinski definition) is 7. The average molecular weight is 696 g/mol. The van der Waals surface area contributed by atoms with E-state index in [1.54, 1.807) is 0 Å². The van der Waals surface area contributed by atoms with Crippen LogP contribution in [0.25, 0.3) is 0 Å². The van der Waals surface area contributed by atoms with Crippen molar-refractivity contribution in [1.29, 1.82) is 5.26 Å². The molecule has 0 aromatic heterocycles. The molecule has 0 saturated heterocycles. The lowest BCUT2D eigenvalue weighted by Crippen LogP contribution is -2.35. The molecule has 2 rings (SSSR count). The van der Waals surface area contributed by atoms with E-state index in [1.807, 2.05) is 0 Å². The minimum atomic E-state index is -6.11. The molecule has 43 heavy (non-hydrogen) atoms. The number of carbonyl (C=O) groups is 2. The number of benzene rings is 2. The zero-order chi connectivity index (χ0) is 34.3. The number of carboxylic acids is 2. The van der Waals surface area contributed by atoms with Crippen LogP contribution in [0, 0.1) is 11.3 Å². The lowest BCUT2D eigenvalue weighted by molar-refractivity contribution is -0.289. The molecule has 0 aliphatic carbocycles. The van der Waals surface area contributed by atoms with E-state index in [0.29, 0.717) is 12.5 Å². The normalized spacial score (nSPS) is 13.0. The summed E-state index contributed by atoms with van der Waals surface area (Å²) in [7, 11) is -8.32. The lowest BCUT2D eigenvalue weighted by Gasteiger charge is -2.22. The maximum absolute atomic E-state index is 13.4. The highest BCUT2D eigenvalue weighted by Gasteiger charge is 2.61. The predicted octanol–water partition coefficient (Wildman–Crippen LogP) is 5.41. The summed E-state index contributed by atoms with van der Waals surface area (Å²) in [5, 5.41) is 25.3. The number of nitriles is 1. The van der Waals surface area contributed by atoms with Crippen LogP contribution >= 0.6 is 11.6 Å². The van der Waals surface area contributed by atoms with Gasteiger partial charge in [0.25, 0.3) is 0 Å². The van der Waals surface area contributed by atoms with E-state index in [0.717, 1.165) is 6.07 Å². The van der Waals surface area contributed by atoms with Crippen molar-refractivity contribution in [2.75, 3.05) is 12.5 Å². The first-order valence-electron chi connectivity index (χ1n) is 10.1. The second-order valence-corrected chi connectivity index (χ2v) is 12.5. The average Bonchev–Trinajstić information content (AvgIpc) is 2.80. The number of rotatable bonds is 6. The fourth-order valence-corrected chi connectivity index (χ4v) is 5.16. The monoisotopic (exact) mass is 695 g/mol. The quantitative estimate of drug-likeness (QED) is 0.376. The van der Waals surface area contributed by atoms with Crippen LogP contribution < -0.4 is 0 Å². The number of sulfone groups is 2. The smallest absolute Gasteiger partial charge is 0.458 e. The van der Waals surface area contributed by atoms with Crippen LogP contribution in [0.5, 0.6) is 0 Å². The van der Waals surface area contributed by atoms with Gasteiger partial charge >= 0.3 is 36.1 Å². The predicted molar refractivity (Wildman–Crippen MR) is 123 cm³/mol. The Bertz CT molecular complexity index is 1730. The van der Waals surface area contributed by atoms with Gasteiger partial charge in [-0.3, -0.25) is 0 Å². The van der Waals surface area contributed by atoms with Crippen LogP contribution in [0.1, 0.15) is 37.4 Å². The molecule has 0 atom stereocenters. The lowest BCUT2D eigenvalue weighted by atomic mass is 9.98. The zero-order valence-electron chi connectivity index (χ0n) is 20.6. The summed E-state index contributed by atoms with van der Waals surface area (Å²) in [6, 6.07) is 1.37. The van der Waals surface area contributed by atoms with E-state index in [-0.39, 0.29) is 24.3 Å². The summed E-state index contributed by atoms with van der Waals surface area (Å²) in [5.41, 5.74) is -7.99. The molecule has 0 aliphatic rings. The van der Waals surface area contributed by atoms with Crippen LogP contribution in [-0.4, -0.2) is 63.9 Å². The van der Waals surface area contributed by atoms with Gasteiger partial charge < -0.3 is 10.2 Å². The Morgan fingerprint density at radius 1 is 0.698 bits per heavy atom. The van der Waals surface area contributed by atoms with Gasteiger partial charge in [-0.15, -0.1) is 0 Å². The van der Waals surface area contributed by atoms with Crippen LogP contribution in [0.2, 0.25) is 5.02 Å². The van der Waals surface area contributed by atoms with E-state index < -0.39 is 98.4 Å². The van der Waals surface area contributed by atoms with Crippen molar-refractivity contribution >= 4 is 43.2 Å². The second-order valence-electron chi connectivity index (χ2n) is 8.13. The molecule has 0 heterocycles. The van der Waals surface area contributed by atoms with E-state index in [4.69, 9.17) is 27.1 Å². The Balaban J connectivity index is 0.000000430. The van der Waals surface area contributed by atoms with Gasteiger partial charge in [0.05, 0.1) is 31.5 Å². The third kappa shape index (κ3) is 7.85. The van der Waals surface area contributed by atoms with Crippen LogP contribution in [-0.2, 0) is 31.5 Å². The Morgan fingerprint density at radius 2 is 1.02 bits per heavy atom. The second kappa shape index (κ2) is 11.8. The Kier molecular flexibility index (Phi) is 10.3. The fraction of sp³-hybridized carbons (Fsp3) is 0.286. The third-order valence-corrected chi connectivity index (χ3v) is 7.66. The maximum atomic E-state index is 13.4. The van der Waals surface area contributed by atoms with Crippen molar-refractivity contribution in [2.24, 2.45) is 0 Å². The molecule has 0 spiro atoms. The first-order chi connectivity index (χ1) is 18.9. The highest BCUT2D eigenvalue weighted by Crippen LogP contribution is 2.47. The molecule has 0 fully saturated rings. The van der Waals surface area contributed by atoms with Crippen LogP contribution in [0.4, 0.5) is 43.9 Å². The van der Waals surface area contributed by atoms with E-state index >= 15 is 0 Å². The molecule has 2 aromatic rings. The first-order valence-corrected chi connectivity index (χ1v) is 14.3. The van der Waals surface area contributed by atoms with Gasteiger partial charge in [0.15, 0.2) is 19.7 Å². The number of nitrogens with zero attached hydrogens (tertiary/aromatic N) is 1. The molecule has 22 heteroatoms. The Morgan fingerprint density at radius 3 is 1.30 bits per heavy atom. The van der Waals surface area contributed by atoms with Gasteiger partial charge in [0.1, 0.15) is 6.07 Å². The van der Waals surface area contributed by atoms with Crippen molar-refractivity contribution < 1.29 is 80.5 Å². The highest BCUT2D eigenvalue weighted by molar-refractivity contribution is 7.91. The van der Waals surface area contributed by atoms with Gasteiger partial charge in [-0.05, 0) is 24.3 Å². The first kappa shape index (κ1) is 37.4. The van der Waals surface area contributed by atoms with Gasteiger partial charge in [0, 0.05) is 23.6 Å². The molecule has 9 nitrogen and oxygen atoms in total. The van der Waals surface area contributed by atoms with Crippen molar-refractivity contribution in [1.82, 2.24) is 0 Å². The third-order valence-electron chi connectivity index (χ3n) is 4.96. The molecule has 0 bridgehead atoms. The highest BCUT2D eigenvalue weighted by atomic mass is 35.5. The molecule has 2 N–H and O–H groups in total. The standard InChI is InChI=1S/C11H6F5NO4S.C10H6ClF5O4S/c1-22(20,21)8-3-6(9(18)19)7(2-5(8)4-17)10(12,13)11(14,15)16;1-21(19,20)7-2-4(8(17)18)5(3-6(7)11)9(12,13)10(14,15)16/h2-3H,1H3,(H,18,19);2-3H,1H3,(H,17,18). The molecule has 0 radical (unpaired) electrons. The van der Waals surface area contributed by atoms with Crippen LogP contribution in [0.15, 0.2) is 34.1 Å². The Hall–Kier alpha value is -3.64. The molecule has 2 aromatic carbocycles. The van der Waals surface area contributed by atoms with Crippen molar-refractivity contribution in [3.05, 3.63) is 57.1 Å². The van der Waals surface area contributed by atoms with Gasteiger partial charge in [-0.1, -0.05) is 11.6 Å². The van der Waals surface area contributed by atoms with E-state index in [2.05, 4.69) is 0 Å². The molecular weight excluding hydrogens is 684 g/mol. The van der Waals surface area contributed by atoms with Crippen molar-refractivity contribution in [2.45, 2.75) is 34.0 Å². The van der Waals surface area contributed by atoms with Gasteiger partial charge in [-0.25, -0.2) is 26.4 Å². The Labute approximate surface area is 238 Å². The fourth-order valence-electron chi connectivity index (χ4n) is 2.99. The molecule has 0 unspecified atom stereocenters. The molecule has 0 saturated carbocycles. The largest absolute Gasteiger partial charge is 0.478 e. The number of alkyl halides is 10. The number of halogens is 11. The summed E-state index contributed by atoms with van der Waals surface area (Å²) >= 11 is 5.37. The minimum Gasteiger partial charge on any atom is -0.478 e. The van der Waals surface area contributed by atoms with Gasteiger partial charge in [0.2, 0.25) is 0 Å². The molecule has 0 amide bonds. The van der Waals surface area contributed by atoms with Crippen LogP contribution in [0.3, 0.4) is 0 Å². The summed E-state index contributed by atoms with van der Waals surface area (Å²) in [5.74, 6) is -15.4. The SMILES string of the molecule is CS(=O)(=O)c1cc(C(=O)O)c(C(F)(F)C(F)(F)F)cc1C#N.CS(=O)(=O)c1cc(C(=O)O)c(C(F)(F)C(F)(F)F)cc1Cl. The zero-order valence-corrected chi connectivity index (χ0v) is 23.0. The summed E-state index contributed by atoms with van der Waals surface area (Å²) in [6.07, 6.45) is -11.0. The van der Waals surface area contributed by atoms with Gasteiger partial charge in [-0.2, -0.15) is 49.2 Å². The van der Waals surface area contributed by atoms with E-state index in [1.165, 1.54) is 0 Å². The summed E-state index contributed by atoms with van der Waals surface area (Å²) in [4.78, 5) is 19.9. The topological polar surface area (TPSA) is 167 Å². The number of hydrogen-bond donors (Lipinski definition) is 2. The molecular formula is C21H12ClF10NO8S2. The number of aromatic carboxylic acids is 2. The number of carboxylic acid groups (broad SMARTS) is 2. The molecule has 0 aliphatic heterocycles. The van der Waals surface area contributed by atoms with Crippen molar-refractivity contribution in [3.63, 3.8) is 0 Å². The molecule has 238 valence electrons. The minimum absolute atomic E-state index is 0.00508.